The molecule has 1 fully saturated rings. The Morgan fingerprint density at radius 2 is 1.80 bits per heavy atom. The molecule has 1 aliphatic heterocycles. The lowest BCUT2D eigenvalue weighted by atomic mass is 10.0. The molecule has 25 heavy (non-hydrogen) atoms. The predicted octanol–water partition coefficient (Wildman–Crippen LogP) is 2.93. The summed E-state index contributed by atoms with van der Waals surface area (Å²) in [6, 6.07) is 9.25. The average molecular weight is 350 g/mol. The lowest BCUT2D eigenvalue weighted by Crippen LogP contribution is -2.61. The third-order valence-electron chi connectivity index (χ3n) is 3.66. The van der Waals surface area contributed by atoms with Gasteiger partial charge in [0.2, 0.25) is 0 Å². The first kappa shape index (κ1) is 19.1. The van der Waals surface area contributed by atoms with E-state index in [2.05, 4.69) is 0 Å². The number of ether oxygens (including phenoxy) is 2. The molecule has 0 bridgehead atoms. The highest BCUT2D eigenvalue weighted by molar-refractivity contribution is 5.74. The molecule has 1 heterocycles. The van der Waals surface area contributed by atoms with Crippen molar-refractivity contribution in [3.05, 3.63) is 35.9 Å². The van der Waals surface area contributed by atoms with Crippen LogP contribution in [0.25, 0.3) is 0 Å². The van der Waals surface area contributed by atoms with Gasteiger partial charge in [-0.25, -0.2) is 19.6 Å². The largest absolute Gasteiger partial charge is 0.443 e. The third-order valence-corrected chi connectivity index (χ3v) is 3.66. The second-order valence-electron chi connectivity index (χ2n) is 7.45. The van der Waals surface area contributed by atoms with E-state index in [1.165, 1.54) is 5.01 Å². The van der Waals surface area contributed by atoms with Gasteiger partial charge < -0.3 is 14.6 Å². The summed E-state index contributed by atoms with van der Waals surface area (Å²) in [4.78, 5) is 24.9. The molecule has 7 heteroatoms. The van der Waals surface area contributed by atoms with Crippen LogP contribution in [0.15, 0.2) is 30.3 Å². The second-order valence-corrected chi connectivity index (χ2v) is 7.45. The fourth-order valence-corrected chi connectivity index (χ4v) is 2.42. The minimum absolute atomic E-state index is 0.0418. The maximum Gasteiger partial charge on any atom is 0.429 e. The lowest BCUT2D eigenvalue weighted by molar-refractivity contribution is -0.116. The minimum Gasteiger partial charge on any atom is -0.443 e. The van der Waals surface area contributed by atoms with E-state index in [1.807, 2.05) is 30.3 Å². The molecule has 1 atom stereocenters. The van der Waals surface area contributed by atoms with E-state index in [1.54, 1.807) is 27.7 Å². The van der Waals surface area contributed by atoms with Crippen LogP contribution < -0.4 is 0 Å². The first-order valence-electron chi connectivity index (χ1n) is 8.28. The molecule has 1 aliphatic rings. The van der Waals surface area contributed by atoms with Crippen LogP contribution in [-0.4, -0.2) is 51.6 Å². The SMILES string of the molecule is CC1(O)CCN(C(=O)OC(C)(C)C)N(C(=O)OCc2ccccc2)C1. The molecule has 1 N–H and O–H groups in total. The number of hydrogen-bond donors (Lipinski definition) is 1. The molecule has 0 radical (unpaired) electrons. The minimum atomic E-state index is -1.09. The summed E-state index contributed by atoms with van der Waals surface area (Å²) in [7, 11) is 0. The normalized spacial score (nSPS) is 21.0. The van der Waals surface area contributed by atoms with Crippen molar-refractivity contribution < 1.29 is 24.2 Å². The number of aliphatic hydroxyl groups is 1. The fourth-order valence-electron chi connectivity index (χ4n) is 2.42. The summed E-state index contributed by atoms with van der Waals surface area (Å²) in [5.74, 6) is 0. The fraction of sp³-hybridized carbons (Fsp3) is 0.556. The molecule has 0 spiro atoms. The topological polar surface area (TPSA) is 79.3 Å². The van der Waals surface area contributed by atoms with Crippen molar-refractivity contribution >= 4 is 12.2 Å². The van der Waals surface area contributed by atoms with Crippen molar-refractivity contribution in [1.29, 1.82) is 0 Å². The van der Waals surface area contributed by atoms with Crippen molar-refractivity contribution in [2.75, 3.05) is 13.1 Å². The van der Waals surface area contributed by atoms with Gasteiger partial charge in [-0.15, -0.1) is 0 Å². The molecule has 1 saturated heterocycles. The Morgan fingerprint density at radius 3 is 2.40 bits per heavy atom. The monoisotopic (exact) mass is 350 g/mol. The number of hydrogen-bond acceptors (Lipinski definition) is 5. The molecule has 0 saturated carbocycles. The van der Waals surface area contributed by atoms with Crippen molar-refractivity contribution in [3.8, 4) is 0 Å². The Labute approximate surface area is 148 Å². The Morgan fingerprint density at radius 1 is 1.16 bits per heavy atom. The first-order valence-corrected chi connectivity index (χ1v) is 8.28. The van der Waals surface area contributed by atoms with Crippen molar-refractivity contribution in [3.63, 3.8) is 0 Å². The Kier molecular flexibility index (Phi) is 5.57. The Bertz CT molecular complexity index is 610. The van der Waals surface area contributed by atoms with Crippen LogP contribution in [0.2, 0.25) is 0 Å². The molecular formula is C18H26N2O5. The highest BCUT2D eigenvalue weighted by Gasteiger charge is 2.40. The summed E-state index contributed by atoms with van der Waals surface area (Å²) >= 11 is 0. The van der Waals surface area contributed by atoms with Crippen LogP contribution in [0, 0.1) is 0 Å². The number of amides is 2. The van der Waals surface area contributed by atoms with Crippen molar-refractivity contribution in [2.45, 2.75) is 51.9 Å². The molecule has 0 aromatic heterocycles. The average Bonchev–Trinajstić information content (AvgIpc) is 2.51. The maximum atomic E-state index is 12.5. The van der Waals surface area contributed by atoms with Crippen LogP contribution in [0.4, 0.5) is 9.59 Å². The van der Waals surface area contributed by atoms with Gasteiger partial charge in [0.05, 0.1) is 12.1 Å². The predicted molar refractivity (Wildman–Crippen MR) is 91.5 cm³/mol. The third kappa shape index (κ3) is 5.63. The molecule has 1 unspecified atom stereocenters. The summed E-state index contributed by atoms with van der Waals surface area (Å²) in [6.07, 6.45) is -0.997. The standard InChI is InChI=1S/C18H26N2O5/c1-17(2,3)25-16(22)19-11-10-18(4,23)13-20(19)15(21)24-12-14-8-6-5-7-9-14/h5-9,23H,10-13H2,1-4H3. The second kappa shape index (κ2) is 7.31. The van der Waals surface area contributed by atoms with Gasteiger partial charge in [-0.3, -0.25) is 0 Å². The van der Waals surface area contributed by atoms with Gasteiger partial charge in [0.1, 0.15) is 12.2 Å². The van der Waals surface area contributed by atoms with E-state index in [4.69, 9.17) is 9.47 Å². The van der Waals surface area contributed by atoms with Gasteiger partial charge in [0, 0.05) is 6.54 Å². The van der Waals surface area contributed by atoms with E-state index >= 15 is 0 Å². The maximum absolute atomic E-state index is 12.5. The molecule has 7 nitrogen and oxygen atoms in total. The Hall–Kier alpha value is -2.28. The number of carbonyl (C=O) groups excluding carboxylic acids is 2. The zero-order valence-corrected chi connectivity index (χ0v) is 15.2. The molecule has 2 amide bonds. The summed E-state index contributed by atoms with van der Waals surface area (Å²) < 4.78 is 10.6. The molecule has 2 rings (SSSR count). The first-order chi connectivity index (χ1) is 11.6. The Balaban J connectivity index is 2.07. The number of carbonyl (C=O) groups is 2. The van der Waals surface area contributed by atoms with E-state index < -0.39 is 23.4 Å². The van der Waals surface area contributed by atoms with Crippen LogP contribution >= 0.6 is 0 Å². The van der Waals surface area contributed by atoms with E-state index in [-0.39, 0.29) is 19.7 Å². The zero-order chi connectivity index (χ0) is 18.7. The highest BCUT2D eigenvalue weighted by atomic mass is 16.6. The number of β-amino-alcohol motifs (C(OH)–C–C–N with tert-alkyl or cyclic N) is 1. The molecule has 1 aromatic carbocycles. The quantitative estimate of drug-likeness (QED) is 0.887. The smallest absolute Gasteiger partial charge is 0.429 e. The molecule has 0 aliphatic carbocycles. The summed E-state index contributed by atoms with van der Waals surface area (Å²) in [5, 5.41) is 12.6. The summed E-state index contributed by atoms with van der Waals surface area (Å²) in [5.41, 5.74) is -0.940. The number of benzene rings is 1. The van der Waals surface area contributed by atoms with Crippen LogP contribution in [0.3, 0.4) is 0 Å². The van der Waals surface area contributed by atoms with Crippen LogP contribution in [0.5, 0.6) is 0 Å². The van der Waals surface area contributed by atoms with Gasteiger partial charge in [-0.2, -0.15) is 0 Å². The van der Waals surface area contributed by atoms with Gasteiger partial charge >= 0.3 is 12.2 Å². The van der Waals surface area contributed by atoms with E-state index in [9.17, 15) is 14.7 Å². The molecule has 138 valence electrons. The van der Waals surface area contributed by atoms with Gasteiger partial charge in [-0.1, -0.05) is 30.3 Å². The van der Waals surface area contributed by atoms with Gasteiger partial charge in [0.15, 0.2) is 0 Å². The van der Waals surface area contributed by atoms with Gasteiger partial charge in [0.25, 0.3) is 0 Å². The number of hydrazine groups is 1. The highest BCUT2D eigenvalue weighted by Crippen LogP contribution is 2.23. The van der Waals surface area contributed by atoms with Crippen molar-refractivity contribution in [1.82, 2.24) is 10.0 Å². The number of nitrogens with zero attached hydrogens (tertiary/aromatic N) is 2. The molecule has 1 aromatic rings. The van der Waals surface area contributed by atoms with E-state index in [0.29, 0.717) is 6.42 Å². The van der Waals surface area contributed by atoms with Gasteiger partial charge in [-0.05, 0) is 39.7 Å². The van der Waals surface area contributed by atoms with E-state index in [0.717, 1.165) is 10.6 Å². The lowest BCUT2D eigenvalue weighted by Gasteiger charge is -2.43. The zero-order valence-electron chi connectivity index (χ0n) is 15.2. The van der Waals surface area contributed by atoms with Crippen LogP contribution in [0.1, 0.15) is 39.7 Å². The number of rotatable bonds is 2. The van der Waals surface area contributed by atoms with Crippen molar-refractivity contribution in [2.24, 2.45) is 0 Å². The summed E-state index contributed by atoms with van der Waals surface area (Å²) in [6.45, 7) is 7.09. The van der Waals surface area contributed by atoms with Crippen LogP contribution in [-0.2, 0) is 16.1 Å². The molecular weight excluding hydrogens is 324 g/mol.